The number of carbonyl (C=O) groups excluding carboxylic acids is 3. The van der Waals surface area contributed by atoms with Crippen LogP contribution >= 0.6 is 0 Å². The van der Waals surface area contributed by atoms with Crippen LogP contribution in [-0.4, -0.2) is 64.3 Å². The number of hydrogen-bond donors (Lipinski definition) is 2. The van der Waals surface area contributed by atoms with Gasteiger partial charge in [-0.15, -0.1) is 0 Å². The van der Waals surface area contributed by atoms with E-state index >= 15 is 0 Å². The number of benzene rings is 2. The lowest BCUT2D eigenvalue weighted by molar-refractivity contribution is -0.150. The van der Waals surface area contributed by atoms with E-state index in [2.05, 4.69) is 22.4 Å². The summed E-state index contributed by atoms with van der Waals surface area (Å²) < 4.78 is 5.50. The fourth-order valence-electron chi connectivity index (χ4n) is 6.01. The third-order valence-electron chi connectivity index (χ3n) is 8.01. The number of aromatic amines is 1. The standard InChI is InChI=1S/C29H32N4O4/c34-27(24-15-22-21-9-4-5-10-23(21)31-25(22)16-30-24)33-13-6-11-26(33)28(35)32-14-12-20(17-32)29(36)37-18-19-7-2-1-3-8-19/h1-5,7-10,20,24,26,30-31H,6,11-18H2/t20-,24+,26-/m0/s1. The van der Waals surface area contributed by atoms with E-state index < -0.39 is 6.04 Å². The van der Waals surface area contributed by atoms with Crippen molar-refractivity contribution in [3.63, 3.8) is 0 Å². The van der Waals surface area contributed by atoms with Gasteiger partial charge in [0.05, 0.1) is 12.0 Å². The molecule has 6 rings (SSSR count). The Bertz CT molecular complexity index is 1320. The van der Waals surface area contributed by atoms with E-state index in [0.717, 1.165) is 28.6 Å². The summed E-state index contributed by atoms with van der Waals surface area (Å²) in [6.07, 6.45) is 2.67. The highest BCUT2D eigenvalue weighted by Gasteiger charge is 2.42. The quantitative estimate of drug-likeness (QED) is 0.526. The zero-order chi connectivity index (χ0) is 25.4. The Labute approximate surface area is 216 Å². The van der Waals surface area contributed by atoms with Crippen molar-refractivity contribution < 1.29 is 19.1 Å². The highest BCUT2D eigenvalue weighted by Crippen LogP contribution is 2.29. The number of nitrogens with one attached hydrogen (secondary N) is 2. The summed E-state index contributed by atoms with van der Waals surface area (Å²) in [4.78, 5) is 46.7. The number of aromatic nitrogens is 1. The van der Waals surface area contributed by atoms with Gasteiger partial charge in [0.15, 0.2) is 0 Å². The smallest absolute Gasteiger partial charge is 0.311 e. The van der Waals surface area contributed by atoms with Crippen LogP contribution in [0.1, 0.15) is 36.1 Å². The molecule has 2 fully saturated rings. The summed E-state index contributed by atoms with van der Waals surface area (Å²) in [5.74, 6) is -0.643. The van der Waals surface area contributed by atoms with Gasteiger partial charge in [-0.1, -0.05) is 48.5 Å². The summed E-state index contributed by atoms with van der Waals surface area (Å²) in [5, 5.41) is 4.54. The van der Waals surface area contributed by atoms with Crippen molar-refractivity contribution in [2.45, 2.75) is 50.9 Å². The number of likely N-dealkylation sites (tertiary alicyclic amines) is 2. The Hall–Kier alpha value is -3.65. The fourth-order valence-corrected chi connectivity index (χ4v) is 6.01. The minimum Gasteiger partial charge on any atom is -0.461 e. The topological polar surface area (TPSA) is 94.7 Å². The fraction of sp³-hybridized carbons (Fsp3) is 0.414. The molecule has 8 nitrogen and oxygen atoms in total. The number of carbonyl (C=O) groups is 3. The van der Waals surface area contributed by atoms with Gasteiger partial charge in [0.1, 0.15) is 12.6 Å². The van der Waals surface area contributed by atoms with Crippen molar-refractivity contribution >= 4 is 28.7 Å². The summed E-state index contributed by atoms with van der Waals surface area (Å²) in [7, 11) is 0. The summed E-state index contributed by atoms with van der Waals surface area (Å²) in [5.41, 5.74) is 4.34. The Morgan fingerprint density at radius 2 is 1.76 bits per heavy atom. The van der Waals surface area contributed by atoms with Crippen molar-refractivity contribution in [2.24, 2.45) is 5.92 Å². The third kappa shape index (κ3) is 4.62. The predicted molar refractivity (Wildman–Crippen MR) is 138 cm³/mol. The van der Waals surface area contributed by atoms with Gasteiger partial charge < -0.3 is 19.5 Å². The molecule has 0 saturated carbocycles. The first-order valence-electron chi connectivity index (χ1n) is 13.2. The molecule has 3 aliphatic heterocycles. The first kappa shape index (κ1) is 23.7. The predicted octanol–water partition coefficient (Wildman–Crippen LogP) is 2.77. The third-order valence-corrected chi connectivity index (χ3v) is 8.01. The number of fused-ring (bicyclic) bond motifs is 3. The van der Waals surface area contributed by atoms with Crippen LogP contribution in [-0.2, 0) is 38.7 Å². The average molecular weight is 501 g/mol. The number of nitrogens with zero attached hydrogens (tertiary/aromatic N) is 2. The van der Waals surface area contributed by atoms with Crippen LogP contribution in [0.3, 0.4) is 0 Å². The van der Waals surface area contributed by atoms with Gasteiger partial charge in [-0.25, -0.2) is 0 Å². The van der Waals surface area contributed by atoms with Crippen molar-refractivity contribution in [1.82, 2.24) is 20.1 Å². The van der Waals surface area contributed by atoms with Crippen LogP contribution in [0.25, 0.3) is 10.9 Å². The zero-order valence-corrected chi connectivity index (χ0v) is 20.8. The molecule has 8 heteroatoms. The van der Waals surface area contributed by atoms with Crippen LogP contribution in [0.5, 0.6) is 0 Å². The maximum Gasteiger partial charge on any atom is 0.311 e. The van der Waals surface area contributed by atoms with E-state index in [0.29, 0.717) is 45.4 Å². The van der Waals surface area contributed by atoms with Gasteiger partial charge >= 0.3 is 5.97 Å². The molecule has 0 bridgehead atoms. The molecule has 3 atom stereocenters. The molecule has 4 heterocycles. The molecule has 3 aromatic rings. The molecule has 1 aromatic heterocycles. The molecule has 192 valence electrons. The van der Waals surface area contributed by atoms with Crippen LogP contribution in [0.15, 0.2) is 54.6 Å². The lowest BCUT2D eigenvalue weighted by Gasteiger charge is -2.32. The number of esters is 1. The summed E-state index contributed by atoms with van der Waals surface area (Å²) in [6, 6.07) is 17.0. The Morgan fingerprint density at radius 1 is 0.946 bits per heavy atom. The molecule has 2 saturated heterocycles. The minimum atomic E-state index is -0.460. The van der Waals surface area contributed by atoms with E-state index in [4.69, 9.17) is 4.74 Å². The SMILES string of the molecule is O=C(OCc1ccccc1)[C@H]1CCN(C(=O)[C@@H]2CCCN2C(=O)[C@H]2Cc3c([nH]c4ccccc34)CN2)C1. The maximum absolute atomic E-state index is 13.6. The highest BCUT2D eigenvalue weighted by molar-refractivity contribution is 5.92. The van der Waals surface area contributed by atoms with E-state index in [1.54, 1.807) is 9.80 Å². The van der Waals surface area contributed by atoms with E-state index in [-0.39, 0.29) is 36.4 Å². The first-order valence-corrected chi connectivity index (χ1v) is 13.2. The van der Waals surface area contributed by atoms with Gasteiger partial charge in [0.2, 0.25) is 11.8 Å². The van der Waals surface area contributed by atoms with E-state index in [9.17, 15) is 14.4 Å². The Kier molecular flexibility index (Phi) is 6.42. The number of amides is 2. The largest absolute Gasteiger partial charge is 0.461 e. The summed E-state index contributed by atoms with van der Waals surface area (Å²) in [6.45, 7) is 2.30. The maximum atomic E-state index is 13.6. The molecule has 2 N–H and O–H groups in total. The monoisotopic (exact) mass is 500 g/mol. The molecule has 0 aliphatic carbocycles. The normalized spacial score (nSPS) is 23.3. The highest BCUT2D eigenvalue weighted by atomic mass is 16.5. The van der Waals surface area contributed by atoms with E-state index in [1.807, 2.05) is 42.5 Å². The Balaban J connectivity index is 1.07. The number of hydrogen-bond acceptors (Lipinski definition) is 5. The minimum absolute atomic E-state index is 0.00945. The number of ether oxygens (including phenoxy) is 1. The second-order valence-electron chi connectivity index (χ2n) is 10.3. The van der Waals surface area contributed by atoms with Gasteiger partial charge in [-0.2, -0.15) is 0 Å². The zero-order valence-electron chi connectivity index (χ0n) is 20.8. The van der Waals surface area contributed by atoms with Gasteiger partial charge in [0.25, 0.3) is 0 Å². The lowest BCUT2D eigenvalue weighted by Crippen LogP contribution is -2.54. The molecule has 0 spiro atoms. The van der Waals surface area contributed by atoms with Crippen molar-refractivity contribution in [1.29, 1.82) is 0 Å². The number of H-pyrrole nitrogens is 1. The number of para-hydroxylation sites is 1. The molecular weight excluding hydrogens is 468 g/mol. The summed E-state index contributed by atoms with van der Waals surface area (Å²) >= 11 is 0. The van der Waals surface area contributed by atoms with Crippen LogP contribution in [0.2, 0.25) is 0 Å². The van der Waals surface area contributed by atoms with E-state index in [1.165, 1.54) is 5.56 Å². The van der Waals surface area contributed by atoms with Crippen LogP contribution in [0.4, 0.5) is 0 Å². The molecule has 0 unspecified atom stereocenters. The first-order chi connectivity index (χ1) is 18.1. The number of rotatable bonds is 5. The molecule has 3 aliphatic rings. The molecule has 2 aromatic carbocycles. The van der Waals surface area contributed by atoms with Crippen LogP contribution < -0.4 is 5.32 Å². The molecule has 0 radical (unpaired) electrons. The van der Waals surface area contributed by atoms with Crippen molar-refractivity contribution in [3.05, 3.63) is 71.4 Å². The second-order valence-corrected chi connectivity index (χ2v) is 10.3. The Morgan fingerprint density at radius 3 is 2.62 bits per heavy atom. The van der Waals surface area contributed by atoms with Gasteiger partial charge in [-0.05, 0) is 42.9 Å². The second kappa shape index (κ2) is 10.0. The van der Waals surface area contributed by atoms with Crippen LogP contribution in [0, 0.1) is 5.92 Å². The molecular formula is C29H32N4O4. The van der Waals surface area contributed by atoms with Crippen molar-refractivity contribution in [3.8, 4) is 0 Å². The lowest BCUT2D eigenvalue weighted by atomic mass is 9.97. The average Bonchev–Trinajstić information content (AvgIpc) is 3.70. The van der Waals surface area contributed by atoms with Crippen molar-refractivity contribution in [2.75, 3.05) is 19.6 Å². The molecule has 37 heavy (non-hydrogen) atoms. The molecule has 2 amide bonds. The van der Waals surface area contributed by atoms with Gasteiger partial charge in [-0.3, -0.25) is 19.7 Å². The van der Waals surface area contributed by atoms with Gasteiger partial charge in [0, 0.05) is 42.8 Å².